The third-order valence-electron chi connectivity index (χ3n) is 3.92. The van der Waals surface area contributed by atoms with Crippen LogP contribution in [0.25, 0.3) is 10.1 Å². The van der Waals surface area contributed by atoms with Gasteiger partial charge in [-0.15, -0.1) is 0 Å². The van der Waals surface area contributed by atoms with E-state index in [-0.39, 0.29) is 0 Å². The summed E-state index contributed by atoms with van der Waals surface area (Å²) in [6.45, 7) is 4.25. The molecule has 0 N–H and O–H groups in total. The van der Waals surface area contributed by atoms with E-state index < -0.39 is 0 Å². The molecule has 2 nitrogen and oxygen atoms in total. The molecule has 0 atom stereocenters. The van der Waals surface area contributed by atoms with Crippen LogP contribution in [0.4, 0.5) is 0 Å². The Balaban J connectivity index is 1.93. The van der Waals surface area contributed by atoms with Crippen molar-refractivity contribution in [2.24, 2.45) is 10.2 Å². The van der Waals surface area contributed by atoms with Crippen molar-refractivity contribution < 1.29 is 0 Å². The number of nitrogens with zero attached hydrogens (tertiary/aromatic N) is 2. The predicted molar refractivity (Wildman–Crippen MR) is 116 cm³/mol. The van der Waals surface area contributed by atoms with E-state index in [1.165, 1.54) is 11.1 Å². The molecule has 0 saturated carbocycles. The average molecular weight is 385 g/mol. The van der Waals surface area contributed by atoms with Crippen molar-refractivity contribution >= 4 is 45.7 Å². The highest BCUT2D eigenvalue weighted by Crippen LogP contribution is 2.19. The van der Waals surface area contributed by atoms with Gasteiger partial charge in [-0.2, -0.15) is 10.2 Å². The van der Waals surface area contributed by atoms with E-state index in [9.17, 15) is 0 Å². The van der Waals surface area contributed by atoms with Crippen LogP contribution in [0.15, 0.2) is 70.9 Å². The van der Waals surface area contributed by atoms with Crippen LogP contribution in [-0.2, 0) is 12.8 Å². The summed E-state index contributed by atoms with van der Waals surface area (Å²) in [5, 5.41) is 9.13. The second-order valence-corrected chi connectivity index (χ2v) is 6.47. The molecule has 0 bridgehead atoms. The molecule has 0 aliphatic carbocycles. The number of aryl methyl sites for hydroxylation is 2. The highest BCUT2D eigenvalue weighted by Gasteiger charge is 1.97. The average Bonchev–Trinajstić information content (AvgIpc) is 2.70. The first-order chi connectivity index (χ1) is 12.6. The molecule has 2 aromatic rings. The van der Waals surface area contributed by atoms with E-state index in [1.54, 1.807) is 24.6 Å². The maximum absolute atomic E-state index is 6.25. The summed E-state index contributed by atoms with van der Waals surface area (Å²) in [6, 6.07) is 16.3. The highest BCUT2D eigenvalue weighted by molar-refractivity contribution is 6.50. The molecule has 0 aliphatic heterocycles. The first-order valence-corrected chi connectivity index (χ1v) is 9.36. The van der Waals surface area contributed by atoms with Crippen molar-refractivity contribution in [2.45, 2.75) is 26.7 Å². The normalized spacial score (nSPS) is 13.1. The van der Waals surface area contributed by atoms with E-state index in [0.717, 1.165) is 24.0 Å². The van der Waals surface area contributed by atoms with Crippen molar-refractivity contribution in [2.75, 3.05) is 0 Å². The molecular weight excluding hydrogens is 363 g/mol. The maximum Gasteiger partial charge on any atom is 0.0510 e. The zero-order valence-corrected chi connectivity index (χ0v) is 16.5. The third kappa shape index (κ3) is 6.29. The SMILES string of the molecule is CCc1ccc(/C(Cl)=C/C=N/N=C/C=C(\Cl)c2ccc(CC)cc2)cc1. The molecule has 4 heteroatoms. The van der Waals surface area contributed by atoms with E-state index in [0.29, 0.717) is 10.1 Å². The summed E-state index contributed by atoms with van der Waals surface area (Å²) in [5.74, 6) is 0. The van der Waals surface area contributed by atoms with Crippen LogP contribution in [0.1, 0.15) is 36.1 Å². The Bertz CT molecular complexity index is 743. The van der Waals surface area contributed by atoms with Crippen LogP contribution in [0.2, 0.25) is 0 Å². The summed E-state index contributed by atoms with van der Waals surface area (Å²) in [6.07, 6.45) is 8.57. The molecule has 0 saturated heterocycles. The van der Waals surface area contributed by atoms with Gasteiger partial charge in [-0.05, 0) is 47.2 Å². The molecule has 0 aromatic heterocycles. The van der Waals surface area contributed by atoms with Crippen molar-refractivity contribution in [3.8, 4) is 0 Å². The molecule has 0 heterocycles. The van der Waals surface area contributed by atoms with Crippen LogP contribution in [-0.4, -0.2) is 12.4 Å². The number of benzene rings is 2. The number of halogens is 2. The fourth-order valence-corrected chi connectivity index (χ4v) is 2.63. The molecule has 0 radical (unpaired) electrons. The molecule has 0 unspecified atom stereocenters. The van der Waals surface area contributed by atoms with Gasteiger partial charge in [0.1, 0.15) is 0 Å². The molecule has 0 fully saturated rings. The lowest BCUT2D eigenvalue weighted by molar-refractivity contribution is 1.14. The van der Waals surface area contributed by atoms with Gasteiger partial charge in [-0.25, -0.2) is 0 Å². The summed E-state index contributed by atoms with van der Waals surface area (Å²) in [7, 11) is 0. The van der Waals surface area contributed by atoms with Crippen LogP contribution in [0.3, 0.4) is 0 Å². The summed E-state index contributed by atoms with van der Waals surface area (Å²) in [4.78, 5) is 0. The van der Waals surface area contributed by atoms with Gasteiger partial charge in [0, 0.05) is 10.1 Å². The van der Waals surface area contributed by atoms with E-state index in [2.05, 4.69) is 48.3 Å². The van der Waals surface area contributed by atoms with Crippen LogP contribution >= 0.6 is 23.2 Å². The van der Waals surface area contributed by atoms with Gasteiger partial charge in [0.2, 0.25) is 0 Å². The molecule has 2 aromatic carbocycles. The molecule has 26 heavy (non-hydrogen) atoms. The topological polar surface area (TPSA) is 24.7 Å². The minimum absolute atomic E-state index is 0.621. The second-order valence-electron chi connectivity index (χ2n) is 5.66. The molecule has 0 spiro atoms. The fraction of sp³-hybridized carbons (Fsp3) is 0.182. The van der Waals surface area contributed by atoms with Gasteiger partial charge in [-0.1, -0.05) is 85.6 Å². The Kier molecular flexibility index (Phi) is 8.33. The van der Waals surface area contributed by atoms with Crippen LogP contribution in [0, 0.1) is 0 Å². The lowest BCUT2D eigenvalue weighted by Crippen LogP contribution is -1.82. The summed E-state index contributed by atoms with van der Waals surface area (Å²) >= 11 is 12.5. The monoisotopic (exact) mass is 384 g/mol. The van der Waals surface area contributed by atoms with Gasteiger partial charge in [0.15, 0.2) is 0 Å². The van der Waals surface area contributed by atoms with E-state index >= 15 is 0 Å². The third-order valence-corrected chi connectivity index (χ3v) is 4.61. The Morgan fingerprint density at radius 1 is 0.692 bits per heavy atom. The zero-order chi connectivity index (χ0) is 18.8. The standard InChI is InChI=1S/C22H22Cl2N2/c1-3-17-5-9-19(10-6-17)21(23)13-15-25-26-16-14-22(24)20-11-7-18(4-2)8-12-20/h5-16H,3-4H2,1-2H3/b21-13-,22-14-,25-15+,26-16+. The van der Waals surface area contributed by atoms with Crippen LogP contribution < -0.4 is 0 Å². The van der Waals surface area contributed by atoms with Gasteiger partial charge in [-0.3, -0.25) is 0 Å². The highest BCUT2D eigenvalue weighted by atomic mass is 35.5. The molecule has 134 valence electrons. The second kappa shape index (κ2) is 10.7. The minimum atomic E-state index is 0.621. The number of hydrogen-bond acceptors (Lipinski definition) is 2. The lowest BCUT2D eigenvalue weighted by atomic mass is 10.1. The zero-order valence-electron chi connectivity index (χ0n) is 15.0. The van der Waals surface area contributed by atoms with Crippen LogP contribution in [0.5, 0.6) is 0 Å². The largest absolute Gasteiger partial charge is 0.159 e. The smallest absolute Gasteiger partial charge is 0.0510 e. The minimum Gasteiger partial charge on any atom is -0.159 e. The molecule has 0 aliphatic rings. The van der Waals surface area contributed by atoms with E-state index in [4.69, 9.17) is 23.2 Å². The molecule has 2 rings (SSSR count). The number of allylic oxidation sites excluding steroid dienone is 2. The molecule has 0 amide bonds. The Labute approximate surface area is 165 Å². The molecular formula is C22H22Cl2N2. The lowest BCUT2D eigenvalue weighted by Gasteiger charge is -2.00. The van der Waals surface area contributed by atoms with Gasteiger partial charge < -0.3 is 0 Å². The number of hydrogen-bond donors (Lipinski definition) is 0. The fourth-order valence-electron chi connectivity index (χ4n) is 2.27. The van der Waals surface area contributed by atoms with Crippen molar-refractivity contribution in [3.05, 3.63) is 82.9 Å². The Morgan fingerprint density at radius 3 is 1.35 bits per heavy atom. The van der Waals surface area contributed by atoms with Gasteiger partial charge in [0.05, 0.1) is 12.4 Å². The maximum atomic E-state index is 6.25. The predicted octanol–water partition coefficient (Wildman–Crippen LogP) is 6.73. The number of rotatable bonds is 7. The summed E-state index contributed by atoms with van der Waals surface area (Å²) < 4.78 is 0. The quantitative estimate of drug-likeness (QED) is 0.373. The van der Waals surface area contributed by atoms with Crippen molar-refractivity contribution in [1.82, 2.24) is 0 Å². The first-order valence-electron chi connectivity index (χ1n) is 8.60. The summed E-state index contributed by atoms with van der Waals surface area (Å²) in [5.41, 5.74) is 4.48. The Morgan fingerprint density at radius 2 is 1.04 bits per heavy atom. The first kappa shape index (κ1) is 20.2. The van der Waals surface area contributed by atoms with Crippen molar-refractivity contribution in [3.63, 3.8) is 0 Å². The van der Waals surface area contributed by atoms with Gasteiger partial charge in [0.25, 0.3) is 0 Å². The van der Waals surface area contributed by atoms with E-state index in [1.807, 2.05) is 24.3 Å². The van der Waals surface area contributed by atoms with Crippen molar-refractivity contribution in [1.29, 1.82) is 0 Å². The Hall–Kier alpha value is -2.16. The van der Waals surface area contributed by atoms with Gasteiger partial charge >= 0.3 is 0 Å².